The summed E-state index contributed by atoms with van der Waals surface area (Å²) in [6.45, 7) is 6.72. The van der Waals surface area contributed by atoms with Gasteiger partial charge in [-0.25, -0.2) is 9.97 Å². The van der Waals surface area contributed by atoms with Gasteiger partial charge < -0.3 is 14.6 Å². The van der Waals surface area contributed by atoms with E-state index in [0.717, 1.165) is 55.0 Å². The highest BCUT2D eigenvalue weighted by Crippen LogP contribution is 2.30. The first kappa shape index (κ1) is 20.5. The summed E-state index contributed by atoms with van der Waals surface area (Å²) >= 11 is 0. The summed E-state index contributed by atoms with van der Waals surface area (Å²) in [5, 5.41) is 1.21. The molecule has 3 aromatic rings. The maximum absolute atomic E-state index is 12.8. The topological polar surface area (TPSA) is 71.1 Å². The molecule has 0 unspecified atom stereocenters. The second kappa shape index (κ2) is 9.39. The van der Waals surface area contributed by atoms with Crippen molar-refractivity contribution in [3.05, 3.63) is 59.3 Å². The molecule has 0 radical (unpaired) electrons. The third kappa shape index (κ3) is 4.54. The molecule has 30 heavy (non-hydrogen) atoms. The van der Waals surface area contributed by atoms with Crippen LogP contribution in [0, 0.1) is 6.92 Å². The molecule has 1 aliphatic rings. The Balaban J connectivity index is 1.34. The first-order valence-electron chi connectivity index (χ1n) is 10.9. The number of para-hydroxylation sites is 1. The van der Waals surface area contributed by atoms with Crippen molar-refractivity contribution in [2.45, 2.75) is 52.1 Å². The van der Waals surface area contributed by atoms with Crippen molar-refractivity contribution in [1.29, 1.82) is 0 Å². The zero-order chi connectivity index (χ0) is 20.9. The molecule has 0 spiro atoms. The third-order valence-electron chi connectivity index (χ3n) is 6.00. The van der Waals surface area contributed by atoms with Gasteiger partial charge in [-0.1, -0.05) is 18.2 Å². The molecule has 158 valence electrons. The lowest BCUT2D eigenvalue weighted by Crippen LogP contribution is -2.38. The van der Waals surface area contributed by atoms with Crippen LogP contribution in [0.15, 0.2) is 36.7 Å². The van der Waals surface area contributed by atoms with Crippen LogP contribution in [-0.4, -0.2) is 45.5 Å². The van der Waals surface area contributed by atoms with Crippen molar-refractivity contribution in [3.63, 3.8) is 0 Å². The van der Waals surface area contributed by atoms with Gasteiger partial charge in [-0.3, -0.25) is 4.79 Å². The Morgan fingerprint density at radius 2 is 2.03 bits per heavy atom. The van der Waals surface area contributed by atoms with E-state index < -0.39 is 0 Å². The van der Waals surface area contributed by atoms with E-state index in [1.165, 1.54) is 10.9 Å². The number of benzene rings is 1. The number of likely N-dealkylation sites (tertiary alicyclic amines) is 1. The van der Waals surface area contributed by atoms with Crippen LogP contribution >= 0.6 is 0 Å². The number of ether oxygens (including phenoxy) is 1. The summed E-state index contributed by atoms with van der Waals surface area (Å²) in [7, 11) is 0. The third-order valence-corrected chi connectivity index (χ3v) is 6.00. The molecule has 1 amide bonds. The number of aromatic nitrogens is 3. The number of hydrogen-bond donors (Lipinski definition) is 1. The number of fused-ring (bicyclic) bond motifs is 1. The Kier molecular flexibility index (Phi) is 6.43. The molecule has 0 atom stereocenters. The summed E-state index contributed by atoms with van der Waals surface area (Å²) in [5.74, 6) is 1.40. The Labute approximate surface area is 177 Å². The number of aryl methyl sites for hydroxylation is 2. The monoisotopic (exact) mass is 406 g/mol. The molecule has 1 saturated heterocycles. The van der Waals surface area contributed by atoms with Crippen molar-refractivity contribution in [3.8, 4) is 0 Å². The number of carbonyl (C=O) groups is 1. The normalized spacial score (nSPS) is 15.1. The van der Waals surface area contributed by atoms with Gasteiger partial charge in [0.1, 0.15) is 5.82 Å². The number of H-pyrrole nitrogens is 1. The predicted molar refractivity (Wildman–Crippen MR) is 117 cm³/mol. The van der Waals surface area contributed by atoms with Gasteiger partial charge in [-0.2, -0.15) is 0 Å². The smallest absolute Gasteiger partial charge is 0.222 e. The van der Waals surface area contributed by atoms with Crippen LogP contribution in [0.1, 0.15) is 54.7 Å². The fourth-order valence-electron chi connectivity index (χ4n) is 4.33. The van der Waals surface area contributed by atoms with E-state index in [1.807, 2.05) is 43.3 Å². The quantitative estimate of drug-likeness (QED) is 0.640. The molecule has 6 heteroatoms. The number of rotatable bonds is 7. The fourth-order valence-corrected chi connectivity index (χ4v) is 4.33. The highest BCUT2D eigenvalue weighted by Gasteiger charge is 2.26. The number of nitrogens with one attached hydrogen (secondary N) is 1. The molecule has 0 bridgehead atoms. The van der Waals surface area contributed by atoms with Gasteiger partial charge in [0.05, 0.1) is 12.3 Å². The van der Waals surface area contributed by atoms with E-state index in [-0.39, 0.29) is 5.91 Å². The van der Waals surface area contributed by atoms with E-state index in [0.29, 0.717) is 25.6 Å². The van der Waals surface area contributed by atoms with Gasteiger partial charge in [0.15, 0.2) is 0 Å². The van der Waals surface area contributed by atoms with Crippen molar-refractivity contribution in [2.75, 3.05) is 19.7 Å². The second-order valence-electron chi connectivity index (χ2n) is 7.98. The van der Waals surface area contributed by atoms with Crippen molar-refractivity contribution < 1.29 is 9.53 Å². The predicted octanol–water partition coefficient (Wildman–Crippen LogP) is 4.14. The number of amides is 1. The minimum atomic E-state index is 0.243. The van der Waals surface area contributed by atoms with Crippen LogP contribution in [0.25, 0.3) is 10.9 Å². The van der Waals surface area contributed by atoms with Crippen molar-refractivity contribution >= 4 is 16.8 Å². The summed E-state index contributed by atoms with van der Waals surface area (Å²) in [5.41, 5.74) is 4.52. The van der Waals surface area contributed by atoms with Crippen LogP contribution < -0.4 is 0 Å². The Hall–Kier alpha value is -2.73. The lowest BCUT2D eigenvalue weighted by atomic mass is 9.90. The highest BCUT2D eigenvalue weighted by atomic mass is 16.5. The second-order valence-corrected chi connectivity index (χ2v) is 7.98. The van der Waals surface area contributed by atoms with Crippen LogP contribution in [0.4, 0.5) is 0 Å². The van der Waals surface area contributed by atoms with Gasteiger partial charge in [0.25, 0.3) is 0 Å². The lowest BCUT2D eigenvalue weighted by molar-refractivity contribution is -0.132. The van der Waals surface area contributed by atoms with Crippen molar-refractivity contribution in [2.24, 2.45) is 0 Å². The van der Waals surface area contributed by atoms with Crippen LogP contribution in [-0.2, 0) is 22.6 Å². The van der Waals surface area contributed by atoms with Gasteiger partial charge in [-0.05, 0) is 44.7 Å². The number of hydrogen-bond acceptors (Lipinski definition) is 4. The van der Waals surface area contributed by atoms with Crippen molar-refractivity contribution in [1.82, 2.24) is 19.9 Å². The molecule has 0 saturated carbocycles. The number of aromatic amines is 1. The maximum Gasteiger partial charge on any atom is 0.222 e. The first-order chi connectivity index (χ1) is 14.7. The minimum Gasteiger partial charge on any atom is -0.377 e. The first-order valence-corrected chi connectivity index (χ1v) is 10.9. The molecule has 4 rings (SSSR count). The molecular formula is C24H30N4O2. The summed E-state index contributed by atoms with van der Waals surface area (Å²) in [6, 6.07) is 8.25. The molecule has 1 aromatic carbocycles. The average molecular weight is 407 g/mol. The Bertz CT molecular complexity index is 1010. The molecule has 6 nitrogen and oxygen atoms in total. The molecule has 1 aliphatic heterocycles. The number of carbonyl (C=O) groups excluding carboxylic acids is 1. The van der Waals surface area contributed by atoms with Gasteiger partial charge >= 0.3 is 0 Å². The summed E-state index contributed by atoms with van der Waals surface area (Å²) < 4.78 is 5.60. The van der Waals surface area contributed by atoms with E-state index in [9.17, 15) is 4.79 Å². The largest absolute Gasteiger partial charge is 0.377 e. The van der Waals surface area contributed by atoms with Crippen LogP contribution in [0.2, 0.25) is 0 Å². The number of piperidine rings is 1. The Morgan fingerprint density at radius 1 is 1.23 bits per heavy atom. The van der Waals surface area contributed by atoms with Crippen LogP contribution in [0.5, 0.6) is 0 Å². The standard InChI is InChI=1S/C24H30N4O2/c1-3-30-16-20-15-25-17(2)27-24(20)18-10-12-28(13-11-18)23(29)9-8-19-14-26-22-7-5-4-6-21(19)22/h4-7,14-15,18,26H,3,8-13,16H2,1-2H3. The lowest BCUT2D eigenvalue weighted by Gasteiger charge is -2.32. The zero-order valence-corrected chi connectivity index (χ0v) is 17.9. The van der Waals surface area contributed by atoms with Crippen LogP contribution in [0.3, 0.4) is 0 Å². The van der Waals surface area contributed by atoms with E-state index >= 15 is 0 Å². The molecule has 2 aromatic heterocycles. The summed E-state index contributed by atoms with van der Waals surface area (Å²) in [6.07, 6.45) is 7.12. The molecule has 3 heterocycles. The minimum absolute atomic E-state index is 0.243. The zero-order valence-electron chi connectivity index (χ0n) is 17.9. The maximum atomic E-state index is 12.8. The molecular weight excluding hydrogens is 376 g/mol. The highest BCUT2D eigenvalue weighted by molar-refractivity contribution is 5.84. The molecule has 0 aliphatic carbocycles. The average Bonchev–Trinajstić information content (AvgIpc) is 3.20. The SMILES string of the molecule is CCOCc1cnc(C)nc1C1CCN(C(=O)CCc2c[nH]c3ccccc23)CC1. The van der Waals surface area contributed by atoms with E-state index in [1.54, 1.807) is 0 Å². The Morgan fingerprint density at radius 3 is 2.83 bits per heavy atom. The van der Waals surface area contributed by atoms with Gasteiger partial charge in [0, 0.05) is 60.9 Å². The molecule has 1 fully saturated rings. The molecule has 1 N–H and O–H groups in total. The fraction of sp³-hybridized carbons (Fsp3) is 0.458. The number of nitrogens with zero attached hydrogens (tertiary/aromatic N) is 3. The summed E-state index contributed by atoms with van der Waals surface area (Å²) in [4.78, 5) is 27.2. The van der Waals surface area contributed by atoms with E-state index in [2.05, 4.69) is 22.1 Å². The van der Waals surface area contributed by atoms with Gasteiger partial charge in [-0.15, -0.1) is 0 Å². The van der Waals surface area contributed by atoms with E-state index in [4.69, 9.17) is 9.72 Å². The van der Waals surface area contributed by atoms with Gasteiger partial charge in [0.2, 0.25) is 5.91 Å².